The number of nitrogens with zero attached hydrogens (tertiary/aromatic N) is 2. The highest BCUT2D eigenvalue weighted by Crippen LogP contribution is 2.24. The third-order valence-corrected chi connectivity index (χ3v) is 6.38. The molecule has 1 aliphatic rings. The van der Waals surface area contributed by atoms with Gasteiger partial charge in [0.1, 0.15) is 21.7 Å². The van der Waals surface area contributed by atoms with Crippen LogP contribution in [-0.4, -0.2) is 48.9 Å². The summed E-state index contributed by atoms with van der Waals surface area (Å²) in [6, 6.07) is 5.12. The van der Waals surface area contributed by atoms with E-state index in [0.717, 1.165) is 0 Å². The summed E-state index contributed by atoms with van der Waals surface area (Å²) in [5.74, 6) is 0.493. The second-order valence-corrected chi connectivity index (χ2v) is 9.08. The van der Waals surface area contributed by atoms with E-state index < -0.39 is 15.9 Å². The maximum atomic E-state index is 13.0. The van der Waals surface area contributed by atoms with Gasteiger partial charge in [0.15, 0.2) is 5.76 Å². The minimum Gasteiger partial charge on any atom is -0.438 e. The van der Waals surface area contributed by atoms with Crippen molar-refractivity contribution in [3.05, 3.63) is 42.2 Å². The molecule has 0 saturated carbocycles. The fraction of sp³-hybridized carbons (Fsp3) is 0.444. The summed E-state index contributed by atoms with van der Waals surface area (Å²) in [7, 11) is -3.07. The molecule has 1 aromatic carbocycles. The average molecular weight is 395 g/mol. The number of amides is 2. The number of oxazole rings is 1. The molecular weight excluding hydrogens is 373 g/mol. The largest absolute Gasteiger partial charge is 0.438 e. The minimum absolute atomic E-state index is 0.281. The molecular formula is C18H22FN3O4S. The number of carbonyl (C=O) groups excluding carboxylic acids is 1. The lowest BCUT2D eigenvalue weighted by Gasteiger charge is -2.31. The Bertz CT molecular complexity index is 903. The lowest BCUT2D eigenvalue weighted by atomic mass is 10.1. The molecule has 1 aliphatic heterocycles. The molecule has 2 heterocycles. The highest BCUT2D eigenvalue weighted by atomic mass is 32.2. The lowest BCUT2D eigenvalue weighted by molar-refractivity contribution is 0.182. The highest BCUT2D eigenvalue weighted by molar-refractivity contribution is 7.91. The summed E-state index contributed by atoms with van der Waals surface area (Å²) in [4.78, 5) is 18.2. The number of likely N-dealkylation sites (tertiary alicyclic amines) is 1. The zero-order chi connectivity index (χ0) is 19.6. The monoisotopic (exact) mass is 395 g/mol. The predicted octanol–water partition coefficient (Wildman–Crippen LogP) is 2.76. The van der Waals surface area contributed by atoms with Gasteiger partial charge in [0.25, 0.3) is 0 Å². The molecule has 1 aromatic heterocycles. The van der Waals surface area contributed by atoms with Gasteiger partial charge in [0, 0.05) is 24.9 Å². The topological polar surface area (TPSA) is 92.5 Å². The number of piperidine rings is 1. The first-order chi connectivity index (χ1) is 12.7. The molecule has 1 saturated heterocycles. The van der Waals surface area contributed by atoms with Crippen molar-refractivity contribution in [1.29, 1.82) is 0 Å². The number of urea groups is 1. The molecule has 0 radical (unpaired) electrons. The second kappa shape index (κ2) is 7.67. The van der Waals surface area contributed by atoms with E-state index in [-0.39, 0.29) is 17.1 Å². The van der Waals surface area contributed by atoms with Crippen molar-refractivity contribution < 1.29 is 22.0 Å². The summed E-state index contributed by atoms with van der Waals surface area (Å²) >= 11 is 0. The van der Waals surface area contributed by atoms with Crippen LogP contribution in [0.15, 0.2) is 34.9 Å². The van der Waals surface area contributed by atoms with E-state index >= 15 is 0 Å². The van der Waals surface area contributed by atoms with Crippen LogP contribution in [0.5, 0.6) is 0 Å². The number of halogens is 1. The average Bonchev–Trinajstić information content (AvgIpc) is 3.12. The number of hydrogen-bond acceptors (Lipinski definition) is 5. The van der Waals surface area contributed by atoms with Gasteiger partial charge in [-0.2, -0.15) is 0 Å². The molecule has 146 valence electrons. The van der Waals surface area contributed by atoms with Crippen LogP contribution in [0.4, 0.5) is 9.18 Å². The molecule has 9 heteroatoms. The van der Waals surface area contributed by atoms with Crippen molar-refractivity contribution in [1.82, 2.24) is 15.2 Å². The van der Waals surface area contributed by atoms with Crippen molar-refractivity contribution in [2.75, 3.05) is 19.3 Å². The van der Waals surface area contributed by atoms with Crippen LogP contribution in [0.25, 0.3) is 11.3 Å². The second-order valence-electron chi connectivity index (χ2n) is 6.76. The number of hydrogen-bond donors (Lipinski definition) is 1. The Morgan fingerprint density at radius 1 is 1.30 bits per heavy atom. The van der Waals surface area contributed by atoms with Crippen molar-refractivity contribution in [2.24, 2.45) is 0 Å². The minimum atomic E-state index is -3.07. The SMILES string of the molecule is CC(NC(=O)N1CCC(S(C)(=O)=O)CC1)c1ncc(-c2ccc(F)cc2)o1. The highest BCUT2D eigenvalue weighted by Gasteiger charge is 2.29. The third-order valence-electron chi connectivity index (χ3n) is 4.70. The van der Waals surface area contributed by atoms with Crippen molar-refractivity contribution >= 4 is 15.9 Å². The zero-order valence-corrected chi connectivity index (χ0v) is 16.0. The first-order valence-electron chi connectivity index (χ1n) is 8.70. The van der Waals surface area contributed by atoms with E-state index in [1.165, 1.54) is 24.6 Å². The quantitative estimate of drug-likeness (QED) is 0.859. The van der Waals surface area contributed by atoms with E-state index in [1.54, 1.807) is 24.0 Å². The van der Waals surface area contributed by atoms with Gasteiger partial charge in [-0.1, -0.05) is 0 Å². The third kappa shape index (κ3) is 4.65. The van der Waals surface area contributed by atoms with Gasteiger partial charge in [-0.05, 0) is 44.0 Å². The summed E-state index contributed by atoms with van der Waals surface area (Å²) in [6.07, 6.45) is 3.64. The molecule has 1 N–H and O–H groups in total. The van der Waals surface area contributed by atoms with Crippen molar-refractivity contribution in [2.45, 2.75) is 31.1 Å². The van der Waals surface area contributed by atoms with Gasteiger partial charge in [-0.3, -0.25) is 0 Å². The molecule has 0 aliphatic carbocycles. The Labute approximate surface area is 157 Å². The van der Waals surface area contributed by atoms with Crippen LogP contribution in [-0.2, 0) is 9.84 Å². The maximum absolute atomic E-state index is 13.0. The number of carbonyl (C=O) groups is 1. The number of sulfone groups is 1. The normalized spacial score (nSPS) is 16.9. The van der Waals surface area contributed by atoms with E-state index in [0.29, 0.717) is 43.1 Å². The van der Waals surface area contributed by atoms with Crippen LogP contribution in [0.1, 0.15) is 31.7 Å². The Hall–Kier alpha value is -2.42. The van der Waals surface area contributed by atoms with Gasteiger partial charge < -0.3 is 14.6 Å². The fourth-order valence-electron chi connectivity index (χ4n) is 3.06. The Morgan fingerprint density at radius 3 is 2.52 bits per heavy atom. The molecule has 2 aromatic rings. The van der Waals surface area contributed by atoms with Crippen LogP contribution >= 0.6 is 0 Å². The summed E-state index contributed by atoms with van der Waals surface area (Å²) < 4.78 is 41.9. The Morgan fingerprint density at radius 2 is 1.93 bits per heavy atom. The number of rotatable bonds is 4. The molecule has 3 rings (SSSR count). The number of benzene rings is 1. The van der Waals surface area contributed by atoms with Crippen LogP contribution in [0, 0.1) is 5.82 Å². The Kier molecular flexibility index (Phi) is 5.50. The first-order valence-corrected chi connectivity index (χ1v) is 10.7. The van der Waals surface area contributed by atoms with E-state index in [2.05, 4.69) is 10.3 Å². The van der Waals surface area contributed by atoms with Crippen LogP contribution < -0.4 is 5.32 Å². The molecule has 27 heavy (non-hydrogen) atoms. The van der Waals surface area contributed by atoms with Crippen molar-refractivity contribution in [3.63, 3.8) is 0 Å². The smallest absolute Gasteiger partial charge is 0.318 e. The zero-order valence-electron chi connectivity index (χ0n) is 15.2. The Balaban J connectivity index is 1.58. The van der Waals surface area contributed by atoms with E-state index in [9.17, 15) is 17.6 Å². The predicted molar refractivity (Wildman–Crippen MR) is 98.3 cm³/mol. The lowest BCUT2D eigenvalue weighted by Crippen LogP contribution is -2.47. The molecule has 0 bridgehead atoms. The van der Waals surface area contributed by atoms with Gasteiger partial charge in [0.05, 0.1) is 11.4 Å². The molecule has 1 fully saturated rings. The van der Waals surface area contributed by atoms with Gasteiger partial charge >= 0.3 is 6.03 Å². The first kappa shape index (κ1) is 19.3. The summed E-state index contributed by atoms with van der Waals surface area (Å²) in [5.41, 5.74) is 0.691. The van der Waals surface area contributed by atoms with E-state index in [1.807, 2.05) is 0 Å². The summed E-state index contributed by atoms with van der Waals surface area (Å²) in [5, 5.41) is 2.43. The van der Waals surface area contributed by atoms with Crippen LogP contribution in [0.3, 0.4) is 0 Å². The number of nitrogens with one attached hydrogen (secondary N) is 1. The molecule has 1 atom stereocenters. The van der Waals surface area contributed by atoms with Gasteiger partial charge in [-0.25, -0.2) is 22.6 Å². The van der Waals surface area contributed by atoms with Gasteiger partial charge in [0.2, 0.25) is 5.89 Å². The molecule has 7 nitrogen and oxygen atoms in total. The number of aromatic nitrogens is 1. The van der Waals surface area contributed by atoms with E-state index in [4.69, 9.17) is 4.42 Å². The molecule has 1 unspecified atom stereocenters. The maximum Gasteiger partial charge on any atom is 0.318 e. The molecule has 0 spiro atoms. The van der Waals surface area contributed by atoms with Gasteiger partial charge in [-0.15, -0.1) is 0 Å². The van der Waals surface area contributed by atoms with Crippen LogP contribution in [0.2, 0.25) is 0 Å². The fourth-order valence-corrected chi connectivity index (χ4v) is 4.13. The molecule has 2 amide bonds. The van der Waals surface area contributed by atoms with Crippen molar-refractivity contribution in [3.8, 4) is 11.3 Å². The summed E-state index contributed by atoms with van der Waals surface area (Å²) in [6.45, 7) is 2.53. The standard InChI is InChI=1S/C18H22FN3O4S/c1-12(17-20-11-16(26-17)13-3-5-14(19)6-4-13)21-18(23)22-9-7-15(8-10-22)27(2,24)25/h3-6,11-12,15H,7-10H2,1-2H3,(H,21,23).